The van der Waals surface area contributed by atoms with E-state index in [2.05, 4.69) is 30.2 Å². The lowest BCUT2D eigenvalue weighted by molar-refractivity contribution is 0.350. The summed E-state index contributed by atoms with van der Waals surface area (Å²) in [6, 6.07) is 2.70. The van der Waals surface area contributed by atoms with Gasteiger partial charge in [-0.15, -0.1) is 0 Å². The first kappa shape index (κ1) is 12.8. The van der Waals surface area contributed by atoms with Crippen molar-refractivity contribution in [3.63, 3.8) is 0 Å². The van der Waals surface area contributed by atoms with Gasteiger partial charge in [-0.25, -0.2) is 0 Å². The van der Waals surface area contributed by atoms with Gasteiger partial charge in [0.2, 0.25) is 0 Å². The highest BCUT2D eigenvalue weighted by molar-refractivity contribution is 5.78. The van der Waals surface area contributed by atoms with E-state index in [1.54, 1.807) is 0 Å². The number of nitrogens with two attached hydrogens (primary N) is 1. The Hall–Kier alpha value is -1.24. The van der Waals surface area contributed by atoms with Gasteiger partial charge in [0.15, 0.2) is 5.96 Å². The molecule has 4 heteroatoms. The number of nitrogens with one attached hydrogen (secondary N) is 1. The van der Waals surface area contributed by atoms with Crippen LogP contribution in [-0.4, -0.2) is 18.5 Å². The third-order valence-electron chi connectivity index (χ3n) is 3.05. The molecule has 0 aromatic rings. The highest BCUT2D eigenvalue weighted by Crippen LogP contribution is 2.22. The topological polar surface area (TPSA) is 74.2 Å². The summed E-state index contributed by atoms with van der Waals surface area (Å²) in [5, 5.41) is 11.8. The number of hydrogen-bond donors (Lipinski definition) is 2. The van der Waals surface area contributed by atoms with Crippen LogP contribution in [0.25, 0.3) is 0 Å². The van der Waals surface area contributed by atoms with Crippen molar-refractivity contribution in [2.75, 3.05) is 6.54 Å². The molecule has 16 heavy (non-hydrogen) atoms. The van der Waals surface area contributed by atoms with Crippen LogP contribution in [-0.2, 0) is 0 Å². The molecule has 0 bridgehead atoms. The van der Waals surface area contributed by atoms with Crippen LogP contribution in [0.3, 0.4) is 0 Å². The molecule has 0 heterocycles. The minimum atomic E-state index is 0.0572. The Morgan fingerprint density at radius 1 is 1.56 bits per heavy atom. The predicted molar refractivity (Wildman–Crippen MR) is 65.9 cm³/mol. The van der Waals surface area contributed by atoms with E-state index < -0.39 is 0 Å². The van der Waals surface area contributed by atoms with Gasteiger partial charge < -0.3 is 11.1 Å². The fourth-order valence-electron chi connectivity index (χ4n) is 1.58. The molecule has 1 aliphatic carbocycles. The van der Waals surface area contributed by atoms with E-state index >= 15 is 0 Å². The summed E-state index contributed by atoms with van der Waals surface area (Å²) in [7, 11) is 0. The minimum absolute atomic E-state index is 0.0572. The van der Waals surface area contributed by atoms with Gasteiger partial charge in [0.25, 0.3) is 0 Å². The van der Waals surface area contributed by atoms with Crippen LogP contribution in [0.15, 0.2) is 4.99 Å². The highest BCUT2D eigenvalue weighted by atomic mass is 15.1. The molecule has 0 unspecified atom stereocenters. The lowest BCUT2D eigenvalue weighted by Gasteiger charge is -2.27. The first-order chi connectivity index (χ1) is 7.53. The molecule has 1 rings (SSSR count). The van der Waals surface area contributed by atoms with E-state index in [1.165, 1.54) is 19.3 Å². The molecule has 0 atom stereocenters. The Labute approximate surface area is 97.9 Å². The molecular weight excluding hydrogens is 200 g/mol. The Morgan fingerprint density at radius 2 is 2.25 bits per heavy atom. The van der Waals surface area contributed by atoms with Crippen molar-refractivity contribution in [2.24, 2.45) is 16.1 Å². The minimum Gasteiger partial charge on any atom is -0.370 e. The van der Waals surface area contributed by atoms with Gasteiger partial charge in [0.05, 0.1) is 6.07 Å². The SMILES string of the molecule is CC(C)(CCC#N)CN=C(N)NC1CCC1. The number of nitriles is 1. The second kappa shape index (κ2) is 5.74. The van der Waals surface area contributed by atoms with Gasteiger partial charge in [-0.05, 0) is 31.1 Å². The van der Waals surface area contributed by atoms with E-state index in [0.717, 1.165) is 6.42 Å². The molecule has 0 aromatic heterocycles. The average Bonchev–Trinajstić information content (AvgIpc) is 2.18. The maximum absolute atomic E-state index is 8.54. The predicted octanol–water partition coefficient (Wildman–Crippen LogP) is 1.77. The van der Waals surface area contributed by atoms with Crippen LogP contribution in [0.1, 0.15) is 46.0 Å². The van der Waals surface area contributed by atoms with Crippen LogP contribution in [0, 0.1) is 16.7 Å². The molecule has 1 saturated carbocycles. The summed E-state index contributed by atoms with van der Waals surface area (Å²) in [6.07, 6.45) is 5.14. The molecule has 0 saturated heterocycles. The van der Waals surface area contributed by atoms with Crippen molar-refractivity contribution in [1.82, 2.24) is 5.32 Å². The van der Waals surface area contributed by atoms with Gasteiger partial charge in [0.1, 0.15) is 0 Å². The van der Waals surface area contributed by atoms with E-state index in [9.17, 15) is 0 Å². The quantitative estimate of drug-likeness (QED) is 0.550. The van der Waals surface area contributed by atoms with E-state index in [1.807, 2.05) is 0 Å². The summed E-state index contributed by atoms with van der Waals surface area (Å²) < 4.78 is 0. The Bertz CT molecular complexity index is 284. The van der Waals surface area contributed by atoms with Crippen molar-refractivity contribution in [2.45, 2.75) is 52.0 Å². The lowest BCUT2D eigenvalue weighted by Crippen LogP contribution is -2.44. The van der Waals surface area contributed by atoms with Gasteiger partial charge in [-0.1, -0.05) is 13.8 Å². The summed E-state index contributed by atoms with van der Waals surface area (Å²) in [4.78, 5) is 4.34. The molecule has 3 N–H and O–H groups in total. The highest BCUT2D eigenvalue weighted by Gasteiger charge is 2.19. The first-order valence-corrected chi connectivity index (χ1v) is 5.97. The standard InChI is InChI=1S/C12H22N4/c1-12(2,7-4-8-13)9-15-11(14)16-10-5-3-6-10/h10H,3-7,9H2,1-2H3,(H3,14,15,16). The zero-order chi connectivity index (χ0) is 12.0. The molecule has 1 fully saturated rings. The smallest absolute Gasteiger partial charge is 0.188 e. The summed E-state index contributed by atoms with van der Waals surface area (Å²) in [5.74, 6) is 0.551. The molecule has 0 spiro atoms. The zero-order valence-electron chi connectivity index (χ0n) is 10.3. The largest absolute Gasteiger partial charge is 0.370 e. The number of rotatable bonds is 5. The summed E-state index contributed by atoms with van der Waals surface area (Å²) in [5.41, 5.74) is 5.85. The number of guanidine groups is 1. The van der Waals surface area contributed by atoms with Gasteiger partial charge in [0, 0.05) is 19.0 Å². The number of aliphatic imine (C=N–C) groups is 1. The molecule has 0 aromatic carbocycles. The van der Waals surface area contributed by atoms with Gasteiger partial charge in [-0.2, -0.15) is 5.26 Å². The monoisotopic (exact) mass is 222 g/mol. The normalized spacial score (nSPS) is 17.7. The fraction of sp³-hybridized carbons (Fsp3) is 0.833. The summed E-state index contributed by atoms with van der Waals surface area (Å²) >= 11 is 0. The van der Waals surface area contributed by atoms with Crippen LogP contribution in [0.5, 0.6) is 0 Å². The third kappa shape index (κ3) is 4.52. The molecule has 0 aliphatic heterocycles. The number of hydrogen-bond acceptors (Lipinski definition) is 2. The maximum atomic E-state index is 8.54. The summed E-state index contributed by atoms with van der Waals surface area (Å²) in [6.45, 7) is 4.91. The van der Waals surface area contributed by atoms with Crippen molar-refractivity contribution in [3.05, 3.63) is 0 Å². The fourth-order valence-corrected chi connectivity index (χ4v) is 1.58. The van der Waals surface area contributed by atoms with Gasteiger partial charge in [-0.3, -0.25) is 4.99 Å². The molecule has 4 nitrogen and oxygen atoms in total. The van der Waals surface area contributed by atoms with E-state index in [4.69, 9.17) is 11.0 Å². The average molecular weight is 222 g/mol. The maximum Gasteiger partial charge on any atom is 0.188 e. The molecule has 90 valence electrons. The van der Waals surface area contributed by atoms with E-state index in [0.29, 0.717) is 25.0 Å². The van der Waals surface area contributed by atoms with Crippen LogP contribution >= 0.6 is 0 Å². The molecule has 0 radical (unpaired) electrons. The zero-order valence-corrected chi connectivity index (χ0v) is 10.3. The lowest BCUT2D eigenvalue weighted by atomic mass is 9.88. The van der Waals surface area contributed by atoms with Crippen molar-refractivity contribution < 1.29 is 0 Å². The Balaban J connectivity index is 2.29. The van der Waals surface area contributed by atoms with Crippen molar-refractivity contribution in [3.8, 4) is 6.07 Å². The Morgan fingerprint density at radius 3 is 2.75 bits per heavy atom. The Kier molecular flexibility index (Phi) is 4.60. The van der Waals surface area contributed by atoms with Crippen LogP contribution < -0.4 is 11.1 Å². The second-order valence-electron chi connectivity index (χ2n) is 5.30. The second-order valence-corrected chi connectivity index (χ2v) is 5.30. The molecule has 0 amide bonds. The first-order valence-electron chi connectivity index (χ1n) is 5.97. The van der Waals surface area contributed by atoms with Crippen LogP contribution in [0.2, 0.25) is 0 Å². The molecular formula is C12H22N4. The number of nitrogens with zero attached hydrogens (tertiary/aromatic N) is 2. The van der Waals surface area contributed by atoms with Crippen LogP contribution in [0.4, 0.5) is 0 Å². The molecule has 1 aliphatic rings. The van der Waals surface area contributed by atoms with Crippen molar-refractivity contribution in [1.29, 1.82) is 5.26 Å². The van der Waals surface area contributed by atoms with Crippen molar-refractivity contribution >= 4 is 5.96 Å². The third-order valence-corrected chi connectivity index (χ3v) is 3.05. The van der Waals surface area contributed by atoms with E-state index in [-0.39, 0.29) is 5.41 Å². The van der Waals surface area contributed by atoms with Gasteiger partial charge >= 0.3 is 0 Å².